The first-order chi connectivity index (χ1) is 10.9. The zero-order chi connectivity index (χ0) is 16.9. The molecule has 0 bridgehead atoms. The first-order valence-electron chi connectivity index (χ1n) is 7.24. The van der Waals surface area contributed by atoms with Gasteiger partial charge in [0.15, 0.2) is 0 Å². The Balaban J connectivity index is 2.16. The fraction of sp³-hybridized carbons (Fsp3) is 0.294. The molecule has 0 atom stereocenters. The van der Waals surface area contributed by atoms with E-state index in [-0.39, 0.29) is 4.90 Å². The number of nitrogens with one attached hydrogen (secondary N) is 1. The number of aryl methyl sites for hydroxylation is 2. The minimum atomic E-state index is -3.60. The summed E-state index contributed by atoms with van der Waals surface area (Å²) >= 11 is 0. The maximum Gasteiger partial charge on any atom is 0.261 e. The number of ether oxygens (including phenoxy) is 2. The van der Waals surface area contributed by atoms with Crippen molar-refractivity contribution in [1.82, 2.24) is 0 Å². The Morgan fingerprint density at radius 2 is 1.83 bits per heavy atom. The summed E-state index contributed by atoms with van der Waals surface area (Å²) in [5.74, 6) is 0.679. The molecule has 0 aliphatic carbocycles. The Labute approximate surface area is 137 Å². The molecule has 1 N–H and O–H groups in total. The molecule has 0 spiro atoms. The molecule has 2 aromatic carbocycles. The molecule has 0 heterocycles. The molecule has 23 heavy (non-hydrogen) atoms. The minimum Gasteiger partial charge on any atom is -0.491 e. The van der Waals surface area contributed by atoms with Gasteiger partial charge in [-0.15, -0.1) is 0 Å². The SMILES string of the molecule is COCCOc1ccc(NS(=O)(=O)c2cccc(C)c2)c(C)c1. The molecule has 0 saturated heterocycles. The lowest BCUT2D eigenvalue weighted by Crippen LogP contribution is -2.14. The van der Waals surface area contributed by atoms with Crippen molar-refractivity contribution in [2.75, 3.05) is 25.0 Å². The molecule has 0 aromatic heterocycles. The van der Waals surface area contributed by atoms with Crippen LogP contribution in [0.15, 0.2) is 47.4 Å². The Morgan fingerprint density at radius 1 is 1.04 bits per heavy atom. The smallest absolute Gasteiger partial charge is 0.261 e. The van der Waals surface area contributed by atoms with Gasteiger partial charge in [-0.25, -0.2) is 8.42 Å². The third-order valence-corrected chi connectivity index (χ3v) is 4.66. The fourth-order valence-electron chi connectivity index (χ4n) is 2.07. The predicted molar refractivity (Wildman–Crippen MR) is 90.5 cm³/mol. The number of hydrogen-bond donors (Lipinski definition) is 1. The van der Waals surface area contributed by atoms with Crippen molar-refractivity contribution in [2.45, 2.75) is 18.7 Å². The van der Waals surface area contributed by atoms with Crippen LogP contribution in [0.3, 0.4) is 0 Å². The van der Waals surface area contributed by atoms with E-state index in [1.54, 1.807) is 43.5 Å². The molecule has 124 valence electrons. The predicted octanol–water partition coefficient (Wildman–Crippen LogP) is 3.13. The van der Waals surface area contributed by atoms with Crippen molar-refractivity contribution in [2.24, 2.45) is 0 Å². The van der Waals surface area contributed by atoms with Crippen molar-refractivity contribution >= 4 is 15.7 Å². The third-order valence-electron chi connectivity index (χ3n) is 3.30. The number of anilines is 1. The Kier molecular flexibility index (Phi) is 5.63. The highest BCUT2D eigenvalue weighted by Gasteiger charge is 2.15. The van der Waals surface area contributed by atoms with E-state index in [1.165, 1.54) is 0 Å². The van der Waals surface area contributed by atoms with E-state index in [0.717, 1.165) is 11.1 Å². The molecule has 0 saturated carbocycles. The molecule has 0 amide bonds. The van der Waals surface area contributed by atoms with Crippen LogP contribution in [-0.4, -0.2) is 28.7 Å². The van der Waals surface area contributed by atoms with Crippen LogP contribution in [0.4, 0.5) is 5.69 Å². The van der Waals surface area contributed by atoms with Gasteiger partial charge in [0.2, 0.25) is 0 Å². The largest absolute Gasteiger partial charge is 0.491 e. The summed E-state index contributed by atoms with van der Waals surface area (Å²) in [6, 6.07) is 12.0. The van der Waals surface area contributed by atoms with Crippen LogP contribution in [0, 0.1) is 13.8 Å². The van der Waals surface area contributed by atoms with Gasteiger partial charge in [0.05, 0.1) is 17.2 Å². The molecule has 2 aromatic rings. The summed E-state index contributed by atoms with van der Waals surface area (Å²) in [5.41, 5.74) is 2.22. The van der Waals surface area contributed by atoms with E-state index < -0.39 is 10.0 Å². The Morgan fingerprint density at radius 3 is 2.48 bits per heavy atom. The second-order valence-electron chi connectivity index (χ2n) is 5.24. The normalized spacial score (nSPS) is 11.3. The summed E-state index contributed by atoms with van der Waals surface area (Å²) in [7, 11) is -1.99. The first-order valence-corrected chi connectivity index (χ1v) is 8.72. The molecule has 0 radical (unpaired) electrons. The van der Waals surface area contributed by atoms with Gasteiger partial charge in [-0.05, 0) is 55.3 Å². The highest BCUT2D eigenvalue weighted by atomic mass is 32.2. The lowest BCUT2D eigenvalue weighted by molar-refractivity contribution is 0.146. The van der Waals surface area contributed by atoms with Crippen LogP contribution < -0.4 is 9.46 Å². The lowest BCUT2D eigenvalue weighted by atomic mass is 10.2. The van der Waals surface area contributed by atoms with Gasteiger partial charge in [0.25, 0.3) is 10.0 Å². The van der Waals surface area contributed by atoms with Crippen molar-refractivity contribution in [3.63, 3.8) is 0 Å². The van der Waals surface area contributed by atoms with Gasteiger partial charge in [-0.1, -0.05) is 12.1 Å². The van der Waals surface area contributed by atoms with Crippen LogP contribution in [0.5, 0.6) is 5.75 Å². The van der Waals surface area contributed by atoms with Crippen LogP contribution in [0.1, 0.15) is 11.1 Å². The van der Waals surface area contributed by atoms with Gasteiger partial charge in [0, 0.05) is 7.11 Å². The summed E-state index contributed by atoms with van der Waals surface area (Å²) in [4.78, 5) is 0.248. The molecule has 6 heteroatoms. The minimum absolute atomic E-state index is 0.248. The fourth-order valence-corrected chi connectivity index (χ4v) is 3.30. The van der Waals surface area contributed by atoms with E-state index in [1.807, 2.05) is 19.9 Å². The summed E-state index contributed by atoms with van der Waals surface area (Å²) in [6.07, 6.45) is 0. The molecule has 0 fully saturated rings. The number of sulfonamides is 1. The summed E-state index contributed by atoms with van der Waals surface area (Å²) in [6.45, 7) is 4.64. The van der Waals surface area contributed by atoms with Gasteiger partial charge in [0.1, 0.15) is 12.4 Å². The molecule has 0 aliphatic rings. The zero-order valence-electron chi connectivity index (χ0n) is 13.5. The number of methoxy groups -OCH3 is 1. The maximum atomic E-state index is 12.4. The van der Waals surface area contributed by atoms with Crippen LogP contribution in [0.25, 0.3) is 0 Å². The van der Waals surface area contributed by atoms with Crippen molar-refractivity contribution in [1.29, 1.82) is 0 Å². The Bertz CT molecular complexity index is 772. The van der Waals surface area contributed by atoms with E-state index in [0.29, 0.717) is 24.7 Å². The van der Waals surface area contributed by atoms with Gasteiger partial charge < -0.3 is 9.47 Å². The second kappa shape index (κ2) is 7.48. The van der Waals surface area contributed by atoms with Gasteiger partial charge >= 0.3 is 0 Å². The third kappa shape index (κ3) is 4.71. The van der Waals surface area contributed by atoms with Crippen molar-refractivity contribution < 1.29 is 17.9 Å². The van der Waals surface area contributed by atoms with Crippen LogP contribution in [-0.2, 0) is 14.8 Å². The average molecular weight is 335 g/mol. The van der Waals surface area contributed by atoms with Crippen LogP contribution in [0.2, 0.25) is 0 Å². The average Bonchev–Trinajstić information content (AvgIpc) is 2.50. The zero-order valence-corrected chi connectivity index (χ0v) is 14.3. The van der Waals surface area contributed by atoms with Crippen LogP contribution >= 0.6 is 0 Å². The first kappa shape index (κ1) is 17.3. The number of rotatable bonds is 7. The van der Waals surface area contributed by atoms with Crippen molar-refractivity contribution in [3.05, 3.63) is 53.6 Å². The lowest BCUT2D eigenvalue weighted by Gasteiger charge is -2.13. The number of hydrogen-bond acceptors (Lipinski definition) is 4. The molecule has 0 aliphatic heterocycles. The second-order valence-corrected chi connectivity index (χ2v) is 6.92. The molecule has 0 unspecified atom stereocenters. The van der Waals surface area contributed by atoms with E-state index in [2.05, 4.69) is 4.72 Å². The Hall–Kier alpha value is -2.05. The standard InChI is InChI=1S/C17H21NO4S/c1-13-5-4-6-16(11-13)23(19,20)18-17-8-7-15(12-14(17)2)22-10-9-21-3/h4-8,11-12,18H,9-10H2,1-3H3. The van der Waals surface area contributed by atoms with E-state index in [4.69, 9.17) is 9.47 Å². The van der Waals surface area contributed by atoms with E-state index >= 15 is 0 Å². The van der Waals surface area contributed by atoms with Gasteiger partial charge in [-0.3, -0.25) is 4.72 Å². The van der Waals surface area contributed by atoms with Crippen molar-refractivity contribution in [3.8, 4) is 5.75 Å². The van der Waals surface area contributed by atoms with Gasteiger partial charge in [-0.2, -0.15) is 0 Å². The summed E-state index contributed by atoms with van der Waals surface area (Å²) in [5, 5.41) is 0. The maximum absolute atomic E-state index is 12.4. The molecular weight excluding hydrogens is 314 g/mol. The monoisotopic (exact) mass is 335 g/mol. The molecule has 5 nitrogen and oxygen atoms in total. The molecular formula is C17H21NO4S. The molecule has 2 rings (SSSR count). The topological polar surface area (TPSA) is 64.6 Å². The quantitative estimate of drug-likeness (QED) is 0.790. The highest BCUT2D eigenvalue weighted by molar-refractivity contribution is 7.92. The highest BCUT2D eigenvalue weighted by Crippen LogP contribution is 2.24. The summed E-state index contributed by atoms with van der Waals surface area (Å²) < 4.78 is 37.9. The number of benzene rings is 2. The van der Waals surface area contributed by atoms with E-state index in [9.17, 15) is 8.42 Å².